The Morgan fingerprint density at radius 3 is 2.11 bits per heavy atom. The maximum atomic E-state index is 12.4. The minimum absolute atomic E-state index is 0.00920. The molecule has 1 heterocycles. The second-order valence-electron chi connectivity index (χ2n) is 7.95. The van der Waals surface area contributed by atoms with Gasteiger partial charge in [-0.25, -0.2) is 4.79 Å². The van der Waals surface area contributed by atoms with Gasteiger partial charge in [0.15, 0.2) is 20.6 Å². The average molecular weight is 421 g/mol. The number of carbonyl (C=O) groups is 2. The molecule has 0 spiro atoms. The third-order valence-corrected chi connectivity index (χ3v) is 11.9. The number of ketones is 1. The Labute approximate surface area is 165 Å². The van der Waals surface area contributed by atoms with Gasteiger partial charge in [-0.05, 0) is 28.9 Å². The summed E-state index contributed by atoms with van der Waals surface area (Å²) >= 11 is 0. The van der Waals surface area contributed by atoms with Crippen molar-refractivity contribution in [1.29, 1.82) is 0 Å². The maximum Gasteiger partial charge on any atom is 0.422 e. The van der Waals surface area contributed by atoms with Crippen LogP contribution in [0.25, 0.3) is 0 Å². The van der Waals surface area contributed by atoms with E-state index in [0.717, 1.165) is 0 Å². The molecule has 0 aliphatic rings. The molecule has 0 fully saturated rings. The highest BCUT2D eigenvalue weighted by molar-refractivity contribution is 6.82. The molecule has 1 rings (SSSR count). The molecular weight excluding hydrogens is 389 g/mol. The molecule has 5 nitrogen and oxygen atoms in total. The van der Waals surface area contributed by atoms with Gasteiger partial charge in [0, 0.05) is 24.7 Å². The van der Waals surface area contributed by atoms with Crippen LogP contribution in [0.2, 0.25) is 16.6 Å². The van der Waals surface area contributed by atoms with Crippen molar-refractivity contribution in [3.63, 3.8) is 0 Å². The molecule has 28 heavy (non-hydrogen) atoms. The van der Waals surface area contributed by atoms with Crippen LogP contribution >= 0.6 is 0 Å². The van der Waals surface area contributed by atoms with Gasteiger partial charge in [-0.15, -0.1) is 0 Å². The molecule has 0 saturated heterocycles. The molecule has 0 radical (unpaired) electrons. The molecule has 0 aliphatic heterocycles. The molecule has 0 unspecified atom stereocenters. The largest absolute Gasteiger partial charge is 0.440 e. The normalized spacial score (nSPS) is 12.7. The van der Waals surface area contributed by atoms with E-state index in [1.54, 1.807) is 6.07 Å². The van der Waals surface area contributed by atoms with E-state index in [-0.39, 0.29) is 18.7 Å². The lowest BCUT2D eigenvalue weighted by atomic mass is 10.2. The minimum atomic E-state index is -4.57. The number of amides is 1. The molecule has 1 aromatic heterocycles. The first-order valence-electron chi connectivity index (χ1n) is 9.51. The molecule has 160 valence electrons. The van der Waals surface area contributed by atoms with Crippen LogP contribution in [0.3, 0.4) is 0 Å². The van der Waals surface area contributed by atoms with E-state index in [1.807, 2.05) is 12.4 Å². The molecule has 0 aliphatic carbocycles. The third-order valence-electron chi connectivity index (χ3n) is 5.22. The molecule has 1 amide bonds. The third kappa shape index (κ3) is 5.86. The molecule has 1 N–H and O–H groups in total. The average Bonchev–Trinajstić information content (AvgIpc) is 3.01. The quantitative estimate of drug-likeness (QED) is 0.431. The number of nitrogens with zero attached hydrogens (tertiary/aromatic N) is 1. The van der Waals surface area contributed by atoms with Crippen LogP contribution in [0.4, 0.5) is 18.0 Å². The summed E-state index contributed by atoms with van der Waals surface area (Å²) in [4.78, 5) is 23.6. The maximum absolute atomic E-state index is 12.4. The van der Waals surface area contributed by atoms with Crippen LogP contribution < -0.4 is 5.32 Å². The molecule has 0 saturated carbocycles. The number of rotatable bonds is 9. The van der Waals surface area contributed by atoms with Crippen LogP contribution in [-0.2, 0) is 4.74 Å². The van der Waals surface area contributed by atoms with Crippen molar-refractivity contribution in [2.45, 2.75) is 70.8 Å². The molecule has 0 atom stereocenters. The number of aromatic nitrogens is 1. The van der Waals surface area contributed by atoms with Crippen molar-refractivity contribution in [3.8, 4) is 0 Å². The number of hydrogen-bond acceptors (Lipinski definition) is 3. The number of hydrogen-bond donors (Lipinski definition) is 1. The number of alkyl halides is 3. The number of carbonyl (C=O) groups excluding carboxylic acids is 2. The molecule has 0 bridgehead atoms. The summed E-state index contributed by atoms with van der Waals surface area (Å²) in [6, 6.07) is 1.78. The fraction of sp³-hybridized carbons (Fsp3) is 0.684. The topological polar surface area (TPSA) is 60.3 Å². The van der Waals surface area contributed by atoms with Gasteiger partial charge in [-0.2, -0.15) is 13.2 Å². The van der Waals surface area contributed by atoms with Gasteiger partial charge in [0.25, 0.3) is 0 Å². The Kier molecular flexibility index (Phi) is 8.34. The van der Waals surface area contributed by atoms with Crippen LogP contribution in [0.15, 0.2) is 18.5 Å². The zero-order valence-electron chi connectivity index (χ0n) is 17.4. The summed E-state index contributed by atoms with van der Waals surface area (Å²) in [5, 5.41) is 2.17. The van der Waals surface area contributed by atoms with Gasteiger partial charge in [-0.1, -0.05) is 41.5 Å². The van der Waals surface area contributed by atoms with Crippen LogP contribution in [-0.4, -0.2) is 43.7 Å². The fourth-order valence-electron chi connectivity index (χ4n) is 4.32. The zero-order chi connectivity index (χ0) is 21.7. The predicted molar refractivity (Wildman–Crippen MR) is 105 cm³/mol. The lowest BCUT2D eigenvalue weighted by molar-refractivity contribution is -0.160. The van der Waals surface area contributed by atoms with E-state index in [2.05, 4.69) is 55.8 Å². The number of Topliss-reactive ketones (excluding diaryl/α,β-unsaturated/α-hetero) is 1. The first-order valence-corrected chi connectivity index (χ1v) is 11.7. The number of ether oxygens (including phenoxy) is 1. The highest BCUT2D eigenvalue weighted by atomic mass is 28.3. The first kappa shape index (κ1) is 24.3. The Hall–Kier alpha value is -1.77. The van der Waals surface area contributed by atoms with Crippen molar-refractivity contribution in [2.24, 2.45) is 0 Å². The smallest absolute Gasteiger partial charge is 0.422 e. The Balaban J connectivity index is 2.75. The van der Waals surface area contributed by atoms with Gasteiger partial charge in [0.2, 0.25) is 0 Å². The molecule has 9 heteroatoms. The first-order chi connectivity index (χ1) is 12.8. The SMILES string of the molecule is CC(C)[Si](C(C)C)(C(C)C)n1ccc(C(=O)CCNC(=O)OCC(F)(F)F)c1. The number of halogens is 3. The Bertz CT molecular complexity index is 648. The van der Waals surface area contributed by atoms with Crippen LogP contribution in [0, 0.1) is 0 Å². The predicted octanol–water partition coefficient (Wildman–Crippen LogP) is 5.37. The standard InChI is InChI=1S/C19H31F3N2O3Si/c1-13(2)28(14(3)4,15(5)6)24-10-8-16(11-24)17(25)7-9-23-18(26)27-12-19(20,21)22/h8,10-11,13-15H,7,9,12H2,1-6H3,(H,23,26). The van der Waals surface area contributed by atoms with E-state index in [4.69, 9.17) is 0 Å². The van der Waals surface area contributed by atoms with E-state index < -0.39 is 27.1 Å². The van der Waals surface area contributed by atoms with E-state index >= 15 is 0 Å². The van der Waals surface area contributed by atoms with Gasteiger partial charge < -0.3 is 14.3 Å². The monoisotopic (exact) mass is 420 g/mol. The Morgan fingerprint density at radius 1 is 1.11 bits per heavy atom. The van der Waals surface area contributed by atoms with Crippen molar-refractivity contribution >= 4 is 20.1 Å². The van der Waals surface area contributed by atoms with Crippen molar-refractivity contribution in [2.75, 3.05) is 13.2 Å². The number of nitrogens with one attached hydrogen (secondary N) is 1. The van der Waals surface area contributed by atoms with E-state index in [9.17, 15) is 22.8 Å². The lowest BCUT2D eigenvalue weighted by Gasteiger charge is -2.44. The minimum Gasteiger partial charge on any atom is -0.440 e. The van der Waals surface area contributed by atoms with Crippen molar-refractivity contribution < 1.29 is 27.5 Å². The van der Waals surface area contributed by atoms with Crippen LogP contribution in [0.5, 0.6) is 0 Å². The summed E-state index contributed by atoms with van der Waals surface area (Å²) in [5.74, 6) is -0.172. The van der Waals surface area contributed by atoms with E-state index in [1.165, 1.54) is 0 Å². The van der Waals surface area contributed by atoms with Crippen LogP contribution in [0.1, 0.15) is 58.3 Å². The Morgan fingerprint density at radius 2 is 1.64 bits per heavy atom. The van der Waals surface area contributed by atoms with Gasteiger partial charge in [0.05, 0.1) is 0 Å². The molecule has 1 aromatic rings. The highest BCUT2D eigenvalue weighted by Crippen LogP contribution is 2.42. The summed E-state index contributed by atoms with van der Waals surface area (Å²) in [5.41, 5.74) is 1.98. The van der Waals surface area contributed by atoms with Crippen molar-refractivity contribution in [3.05, 3.63) is 24.0 Å². The lowest BCUT2D eigenvalue weighted by Crippen LogP contribution is -2.51. The molecule has 0 aromatic carbocycles. The molecular formula is C19H31F3N2O3Si. The van der Waals surface area contributed by atoms with E-state index in [0.29, 0.717) is 22.2 Å². The summed E-state index contributed by atoms with van der Waals surface area (Å²) in [7, 11) is -1.94. The summed E-state index contributed by atoms with van der Waals surface area (Å²) < 4.78 is 42.3. The fourth-order valence-corrected chi connectivity index (χ4v) is 10.8. The summed E-state index contributed by atoms with van der Waals surface area (Å²) in [6.07, 6.45) is -1.92. The number of alkyl carbamates (subject to hydrolysis) is 1. The van der Waals surface area contributed by atoms with Gasteiger partial charge in [0.1, 0.15) is 0 Å². The highest BCUT2D eigenvalue weighted by Gasteiger charge is 2.45. The van der Waals surface area contributed by atoms with Gasteiger partial charge >= 0.3 is 12.3 Å². The van der Waals surface area contributed by atoms with Crippen molar-refractivity contribution in [1.82, 2.24) is 9.55 Å². The zero-order valence-corrected chi connectivity index (χ0v) is 18.4. The van der Waals surface area contributed by atoms with Gasteiger partial charge in [-0.3, -0.25) is 4.79 Å². The second kappa shape index (κ2) is 9.62. The summed E-state index contributed by atoms with van der Waals surface area (Å²) in [6.45, 7) is 11.6. The second-order valence-corrected chi connectivity index (χ2v) is 13.7.